The number of fused-ring (bicyclic) bond motifs is 1. The maximum absolute atomic E-state index is 9.39. The number of aromatic nitrogens is 1. The lowest BCUT2D eigenvalue weighted by atomic mass is 10.2. The van der Waals surface area contributed by atoms with E-state index in [0.29, 0.717) is 6.54 Å². The van der Waals surface area contributed by atoms with Crippen molar-refractivity contribution < 1.29 is 10.2 Å². The van der Waals surface area contributed by atoms with Gasteiger partial charge in [-0.25, -0.2) is 4.98 Å². The molecule has 1 aromatic heterocycles. The molecular formula is C16H17N3O2S. The van der Waals surface area contributed by atoms with Crippen LogP contribution < -0.4 is 11.1 Å². The highest BCUT2D eigenvalue weighted by Crippen LogP contribution is 2.32. The lowest BCUT2D eigenvalue weighted by Gasteiger charge is -2.10. The molecule has 0 spiro atoms. The SMILES string of the molecule is Nc1ccc2nc(-c3cccc(NCC(O)CO)c3)sc2c1. The monoisotopic (exact) mass is 315 g/mol. The first-order chi connectivity index (χ1) is 10.7. The highest BCUT2D eigenvalue weighted by molar-refractivity contribution is 7.21. The molecule has 0 fully saturated rings. The van der Waals surface area contributed by atoms with E-state index in [1.165, 1.54) is 0 Å². The molecule has 5 nitrogen and oxygen atoms in total. The minimum Gasteiger partial charge on any atom is -0.399 e. The van der Waals surface area contributed by atoms with Crippen LogP contribution in [0.15, 0.2) is 42.5 Å². The minimum absolute atomic E-state index is 0.258. The first-order valence-electron chi connectivity index (χ1n) is 6.95. The van der Waals surface area contributed by atoms with E-state index in [2.05, 4.69) is 10.3 Å². The van der Waals surface area contributed by atoms with Crippen molar-refractivity contribution in [3.05, 3.63) is 42.5 Å². The third-order valence-corrected chi connectivity index (χ3v) is 4.34. The van der Waals surface area contributed by atoms with Crippen LogP contribution in [0.5, 0.6) is 0 Å². The molecule has 0 bridgehead atoms. The second-order valence-corrected chi connectivity index (χ2v) is 6.07. The molecule has 0 saturated carbocycles. The van der Waals surface area contributed by atoms with Crippen LogP contribution in [0.3, 0.4) is 0 Å². The number of nitrogen functional groups attached to an aromatic ring is 1. The Hall–Kier alpha value is -2.15. The third kappa shape index (κ3) is 3.19. The smallest absolute Gasteiger partial charge is 0.124 e. The zero-order valence-electron chi connectivity index (χ0n) is 11.9. The summed E-state index contributed by atoms with van der Waals surface area (Å²) in [6, 6.07) is 13.5. The fourth-order valence-corrected chi connectivity index (χ4v) is 3.14. The molecule has 0 amide bonds. The molecule has 0 radical (unpaired) electrons. The van der Waals surface area contributed by atoms with Gasteiger partial charge in [-0.3, -0.25) is 0 Å². The van der Waals surface area contributed by atoms with Crippen molar-refractivity contribution in [1.82, 2.24) is 4.98 Å². The highest BCUT2D eigenvalue weighted by atomic mass is 32.1. The fourth-order valence-electron chi connectivity index (χ4n) is 2.13. The molecule has 0 aliphatic rings. The van der Waals surface area contributed by atoms with Crippen LogP contribution in [0.4, 0.5) is 11.4 Å². The molecule has 1 heterocycles. The van der Waals surface area contributed by atoms with E-state index in [0.717, 1.165) is 32.2 Å². The summed E-state index contributed by atoms with van der Waals surface area (Å²) in [4.78, 5) is 4.62. The maximum Gasteiger partial charge on any atom is 0.124 e. The molecule has 0 aliphatic heterocycles. The largest absolute Gasteiger partial charge is 0.399 e. The zero-order chi connectivity index (χ0) is 15.5. The number of aliphatic hydroxyl groups is 2. The van der Waals surface area contributed by atoms with Crippen LogP contribution in [0.1, 0.15) is 0 Å². The van der Waals surface area contributed by atoms with Crippen molar-refractivity contribution in [2.75, 3.05) is 24.2 Å². The van der Waals surface area contributed by atoms with Gasteiger partial charge in [0, 0.05) is 23.5 Å². The van der Waals surface area contributed by atoms with Crippen molar-refractivity contribution in [2.45, 2.75) is 6.10 Å². The summed E-state index contributed by atoms with van der Waals surface area (Å²) in [7, 11) is 0. The van der Waals surface area contributed by atoms with Gasteiger partial charge in [0.05, 0.1) is 22.9 Å². The Morgan fingerprint density at radius 2 is 2.09 bits per heavy atom. The summed E-state index contributed by atoms with van der Waals surface area (Å²) in [6.07, 6.45) is -0.769. The van der Waals surface area contributed by atoms with Gasteiger partial charge in [0.1, 0.15) is 5.01 Å². The molecule has 22 heavy (non-hydrogen) atoms. The normalized spacial score (nSPS) is 12.5. The lowest BCUT2D eigenvalue weighted by Crippen LogP contribution is -2.22. The highest BCUT2D eigenvalue weighted by Gasteiger charge is 2.08. The van der Waals surface area contributed by atoms with Crippen molar-refractivity contribution in [1.29, 1.82) is 0 Å². The number of aliphatic hydroxyl groups excluding tert-OH is 2. The molecule has 5 N–H and O–H groups in total. The number of hydrogen-bond acceptors (Lipinski definition) is 6. The van der Waals surface area contributed by atoms with Crippen LogP contribution in [0.25, 0.3) is 20.8 Å². The third-order valence-electron chi connectivity index (χ3n) is 3.27. The Bertz CT molecular complexity index is 788. The number of anilines is 2. The zero-order valence-corrected chi connectivity index (χ0v) is 12.7. The second-order valence-electron chi connectivity index (χ2n) is 5.04. The minimum atomic E-state index is -0.769. The quantitative estimate of drug-likeness (QED) is 0.542. The van der Waals surface area contributed by atoms with Gasteiger partial charge in [-0.2, -0.15) is 0 Å². The Morgan fingerprint density at radius 1 is 1.23 bits per heavy atom. The molecule has 0 aliphatic carbocycles. The number of nitrogens with one attached hydrogen (secondary N) is 1. The van der Waals surface area contributed by atoms with Gasteiger partial charge in [0.15, 0.2) is 0 Å². The summed E-state index contributed by atoms with van der Waals surface area (Å²) in [6.45, 7) is 0.0440. The van der Waals surface area contributed by atoms with Gasteiger partial charge in [0.25, 0.3) is 0 Å². The van der Waals surface area contributed by atoms with E-state index < -0.39 is 6.10 Å². The van der Waals surface area contributed by atoms with Crippen LogP contribution in [-0.4, -0.2) is 34.5 Å². The fraction of sp³-hybridized carbons (Fsp3) is 0.188. The lowest BCUT2D eigenvalue weighted by molar-refractivity contribution is 0.105. The number of nitrogens with two attached hydrogens (primary N) is 1. The van der Waals surface area contributed by atoms with Gasteiger partial charge in [-0.1, -0.05) is 12.1 Å². The van der Waals surface area contributed by atoms with Gasteiger partial charge in [-0.15, -0.1) is 11.3 Å². The van der Waals surface area contributed by atoms with Crippen LogP contribution in [0, 0.1) is 0 Å². The van der Waals surface area contributed by atoms with Crippen LogP contribution in [-0.2, 0) is 0 Å². The summed E-state index contributed by atoms with van der Waals surface area (Å²) >= 11 is 1.59. The van der Waals surface area contributed by atoms with Gasteiger partial charge < -0.3 is 21.3 Å². The predicted molar refractivity (Wildman–Crippen MR) is 91.1 cm³/mol. The molecule has 1 unspecified atom stereocenters. The maximum atomic E-state index is 9.39. The molecule has 114 valence electrons. The van der Waals surface area contributed by atoms with Crippen LogP contribution in [0.2, 0.25) is 0 Å². The van der Waals surface area contributed by atoms with Gasteiger partial charge >= 0.3 is 0 Å². The van der Waals surface area contributed by atoms with E-state index in [9.17, 15) is 5.11 Å². The average molecular weight is 315 g/mol. The predicted octanol–water partition coefficient (Wildman–Crippen LogP) is 2.31. The molecule has 6 heteroatoms. The summed E-state index contributed by atoms with van der Waals surface area (Å²) in [5.74, 6) is 0. The van der Waals surface area contributed by atoms with Crippen molar-refractivity contribution >= 4 is 32.9 Å². The first-order valence-corrected chi connectivity index (χ1v) is 7.76. The van der Waals surface area contributed by atoms with E-state index in [1.54, 1.807) is 11.3 Å². The summed E-state index contributed by atoms with van der Waals surface area (Å²) in [5, 5.41) is 22.3. The molecular weight excluding hydrogens is 298 g/mol. The van der Waals surface area contributed by atoms with Crippen molar-refractivity contribution in [2.24, 2.45) is 0 Å². The Balaban J connectivity index is 1.86. The van der Waals surface area contributed by atoms with E-state index in [1.807, 2.05) is 42.5 Å². The van der Waals surface area contributed by atoms with Gasteiger partial charge in [-0.05, 0) is 30.3 Å². The molecule has 0 saturated heterocycles. The standard InChI is InChI=1S/C16H17N3O2S/c17-11-4-5-14-15(7-11)22-16(19-14)10-2-1-3-12(6-10)18-8-13(21)9-20/h1-7,13,18,20-21H,8-9,17H2. The van der Waals surface area contributed by atoms with E-state index in [4.69, 9.17) is 10.8 Å². The number of rotatable bonds is 5. The number of nitrogens with zero attached hydrogens (tertiary/aromatic N) is 1. The average Bonchev–Trinajstić information content (AvgIpc) is 2.96. The molecule has 1 atom stereocenters. The number of benzene rings is 2. The Morgan fingerprint density at radius 3 is 2.91 bits per heavy atom. The van der Waals surface area contributed by atoms with Crippen molar-refractivity contribution in [3.8, 4) is 10.6 Å². The van der Waals surface area contributed by atoms with E-state index in [-0.39, 0.29) is 6.61 Å². The van der Waals surface area contributed by atoms with Crippen molar-refractivity contribution in [3.63, 3.8) is 0 Å². The first kappa shape index (κ1) is 14.8. The molecule has 3 rings (SSSR count). The molecule has 2 aromatic carbocycles. The number of thiazole rings is 1. The Kier molecular flexibility index (Phi) is 4.24. The van der Waals surface area contributed by atoms with E-state index >= 15 is 0 Å². The molecule has 3 aromatic rings. The second kappa shape index (κ2) is 6.31. The summed E-state index contributed by atoms with van der Waals surface area (Å²) in [5.41, 5.74) is 9.35. The summed E-state index contributed by atoms with van der Waals surface area (Å²) < 4.78 is 1.06. The topological polar surface area (TPSA) is 91.4 Å². The van der Waals surface area contributed by atoms with Crippen LogP contribution >= 0.6 is 11.3 Å². The Labute approximate surface area is 132 Å². The number of hydrogen-bond donors (Lipinski definition) is 4. The van der Waals surface area contributed by atoms with Gasteiger partial charge in [0.2, 0.25) is 0 Å².